The Kier molecular flexibility index (Phi) is 6.63. The molecule has 0 heterocycles. The number of ether oxygens (including phenoxy) is 1. The first kappa shape index (κ1) is 23.9. The predicted octanol–water partition coefficient (Wildman–Crippen LogP) is 4.86. The van der Waals surface area contributed by atoms with E-state index in [0.29, 0.717) is 50.7 Å². The van der Waals surface area contributed by atoms with Crippen molar-refractivity contribution < 1.29 is 20.1 Å². The van der Waals surface area contributed by atoms with Crippen molar-refractivity contribution in [3.63, 3.8) is 0 Å². The first-order valence-corrected chi connectivity index (χ1v) is 12.6. The van der Waals surface area contributed by atoms with Gasteiger partial charge in [-0.05, 0) is 61.3 Å². The van der Waals surface area contributed by atoms with Crippen molar-refractivity contribution in [3.05, 3.63) is 47.1 Å². The third-order valence-electron chi connectivity index (χ3n) is 9.52. The van der Waals surface area contributed by atoms with Gasteiger partial charge in [0.15, 0.2) is 0 Å². The largest absolute Gasteiger partial charge is 0.393 e. The number of aliphatic hydroxyl groups excluding tert-OH is 2. The van der Waals surface area contributed by atoms with Gasteiger partial charge in [0, 0.05) is 11.8 Å². The van der Waals surface area contributed by atoms with E-state index in [1.54, 1.807) is 0 Å². The highest BCUT2D eigenvalue weighted by Crippen LogP contribution is 2.63. The van der Waals surface area contributed by atoms with Gasteiger partial charge in [-0.3, -0.25) is 0 Å². The van der Waals surface area contributed by atoms with E-state index in [1.807, 2.05) is 26.0 Å². The molecule has 2 saturated carbocycles. The Bertz CT molecular complexity index is 832. The molecule has 3 N–H and O–H groups in total. The van der Waals surface area contributed by atoms with Gasteiger partial charge in [0.2, 0.25) is 0 Å². The van der Waals surface area contributed by atoms with Crippen molar-refractivity contribution in [2.24, 2.45) is 22.7 Å². The minimum absolute atomic E-state index is 0.112. The molecule has 0 saturated heterocycles. The average Bonchev–Trinajstić information content (AvgIpc) is 3.11. The monoisotopic (exact) mass is 442 g/mol. The Labute approximate surface area is 193 Å². The minimum Gasteiger partial charge on any atom is -0.393 e. The molecule has 4 heteroatoms. The molecule has 0 amide bonds. The Hall–Kier alpha value is -1.20. The van der Waals surface area contributed by atoms with E-state index >= 15 is 0 Å². The maximum Gasteiger partial charge on any atom is 0.0823 e. The second-order valence-corrected chi connectivity index (χ2v) is 11.0. The molecule has 0 aliphatic heterocycles. The van der Waals surface area contributed by atoms with E-state index in [9.17, 15) is 15.3 Å². The summed E-state index contributed by atoms with van der Waals surface area (Å²) in [6, 6.07) is 0. The van der Waals surface area contributed by atoms with Crippen molar-refractivity contribution in [1.82, 2.24) is 0 Å². The number of allylic oxidation sites excluding steroid dienone is 4. The molecule has 6 atom stereocenters. The summed E-state index contributed by atoms with van der Waals surface area (Å²) in [4.78, 5) is 0. The number of fused-ring (bicyclic) bond motifs is 5. The van der Waals surface area contributed by atoms with Crippen LogP contribution >= 0.6 is 0 Å². The third-order valence-corrected chi connectivity index (χ3v) is 9.52. The van der Waals surface area contributed by atoms with Gasteiger partial charge < -0.3 is 20.1 Å². The lowest BCUT2D eigenvalue weighted by Crippen LogP contribution is -2.52. The summed E-state index contributed by atoms with van der Waals surface area (Å²) in [5.41, 5.74) is 3.26. The summed E-state index contributed by atoms with van der Waals surface area (Å²) >= 11 is 0. The van der Waals surface area contributed by atoms with Crippen LogP contribution in [0.3, 0.4) is 0 Å². The molecule has 4 rings (SSSR count). The van der Waals surface area contributed by atoms with Crippen molar-refractivity contribution in [2.75, 3.05) is 13.2 Å². The van der Waals surface area contributed by atoms with Gasteiger partial charge in [0.25, 0.3) is 0 Å². The highest BCUT2D eigenvalue weighted by Gasteiger charge is 2.56. The molecule has 0 unspecified atom stereocenters. The maximum absolute atomic E-state index is 11.0. The second kappa shape index (κ2) is 8.87. The van der Waals surface area contributed by atoms with Gasteiger partial charge in [-0.1, -0.05) is 69.2 Å². The highest BCUT2D eigenvalue weighted by atomic mass is 16.5. The maximum atomic E-state index is 11.0. The van der Waals surface area contributed by atoms with Gasteiger partial charge in [0.05, 0.1) is 31.0 Å². The Morgan fingerprint density at radius 1 is 1.16 bits per heavy atom. The van der Waals surface area contributed by atoms with Crippen molar-refractivity contribution in [3.8, 4) is 0 Å². The van der Waals surface area contributed by atoms with Crippen LogP contribution in [0.2, 0.25) is 0 Å². The molecule has 4 aliphatic carbocycles. The predicted molar refractivity (Wildman–Crippen MR) is 128 cm³/mol. The normalized spacial score (nSPS) is 39.2. The molecule has 32 heavy (non-hydrogen) atoms. The Morgan fingerprint density at radius 2 is 1.91 bits per heavy atom. The molecule has 0 aromatic heterocycles. The zero-order chi connectivity index (χ0) is 23.1. The van der Waals surface area contributed by atoms with E-state index in [-0.39, 0.29) is 10.8 Å². The van der Waals surface area contributed by atoms with Crippen LogP contribution in [0.4, 0.5) is 0 Å². The van der Waals surface area contributed by atoms with Crippen molar-refractivity contribution >= 4 is 0 Å². The van der Waals surface area contributed by atoms with Crippen LogP contribution < -0.4 is 0 Å². The van der Waals surface area contributed by atoms with Gasteiger partial charge in [-0.15, -0.1) is 0 Å². The first-order valence-electron chi connectivity index (χ1n) is 12.6. The van der Waals surface area contributed by atoms with E-state index < -0.39 is 17.8 Å². The van der Waals surface area contributed by atoms with Crippen molar-refractivity contribution in [1.29, 1.82) is 0 Å². The van der Waals surface area contributed by atoms with Gasteiger partial charge >= 0.3 is 0 Å². The summed E-state index contributed by atoms with van der Waals surface area (Å²) in [5.74, 6) is 0.829. The van der Waals surface area contributed by atoms with E-state index in [0.717, 1.165) is 19.3 Å². The topological polar surface area (TPSA) is 69.9 Å². The molecule has 0 aromatic rings. The number of aliphatic hydroxyl groups is 3. The summed E-state index contributed by atoms with van der Waals surface area (Å²) < 4.78 is 6.02. The van der Waals surface area contributed by atoms with Crippen LogP contribution in [0.15, 0.2) is 47.1 Å². The summed E-state index contributed by atoms with van der Waals surface area (Å²) in [6.07, 6.45) is 15.6. The molecule has 2 fully saturated rings. The fourth-order valence-corrected chi connectivity index (χ4v) is 6.94. The fourth-order valence-electron chi connectivity index (χ4n) is 6.94. The number of hydrogen-bond donors (Lipinski definition) is 3. The standard InChI is InChI=1S/C28H42O4/c1-5-28(31,6-2)13-7-15-32-18-20-9-11-23-22-10-8-19-16-21(29)17-25(30)27(19,4)24(22)12-14-26(20,23)3/h7-10,13,21,23-25,29-31H,5-6,11-12,14-18H2,1-4H3/b13-7+/t21-,23+,24+,25+,26-,27+/m1/s1. The van der Waals surface area contributed by atoms with E-state index in [4.69, 9.17) is 4.74 Å². The molecule has 4 nitrogen and oxygen atoms in total. The molecular weight excluding hydrogens is 400 g/mol. The summed E-state index contributed by atoms with van der Waals surface area (Å²) in [6.45, 7) is 9.78. The lowest BCUT2D eigenvalue weighted by atomic mass is 9.50. The van der Waals surface area contributed by atoms with Gasteiger partial charge in [0.1, 0.15) is 0 Å². The summed E-state index contributed by atoms with van der Waals surface area (Å²) in [5, 5.41) is 31.6. The van der Waals surface area contributed by atoms with Crippen LogP contribution in [0.5, 0.6) is 0 Å². The van der Waals surface area contributed by atoms with Crippen molar-refractivity contribution in [2.45, 2.75) is 90.4 Å². The molecular formula is C28H42O4. The van der Waals surface area contributed by atoms with Gasteiger partial charge in [-0.25, -0.2) is 0 Å². The molecule has 178 valence electrons. The van der Waals surface area contributed by atoms with Crippen LogP contribution in [-0.4, -0.2) is 46.3 Å². The van der Waals surface area contributed by atoms with Gasteiger partial charge in [-0.2, -0.15) is 0 Å². The molecule has 4 aliphatic rings. The highest BCUT2D eigenvalue weighted by molar-refractivity contribution is 5.43. The quantitative estimate of drug-likeness (QED) is 0.389. The van der Waals surface area contributed by atoms with Crippen LogP contribution in [0.25, 0.3) is 0 Å². The average molecular weight is 443 g/mol. The zero-order valence-electron chi connectivity index (χ0n) is 20.3. The van der Waals surface area contributed by atoms with E-state index in [1.165, 1.54) is 16.7 Å². The molecule has 0 radical (unpaired) electrons. The molecule has 0 spiro atoms. The van der Waals surface area contributed by atoms with Crippen LogP contribution in [0, 0.1) is 22.7 Å². The molecule has 0 bridgehead atoms. The van der Waals surface area contributed by atoms with Crippen LogP contribution in [0.1, 0.15) is 72.6 Å². The molecule has 0 aromatic carbocycles. The lowest BCUT2D eigenvalue weighted by molar-refractivity contribution is -0.0493. The SMILES string of the molecule is CCC(O)(/C=C/COCC1=CC[C@H]2C3=CC=C4C[C@@H](O)C[C@H](O)[C@]4(C)[C@H]3CC[C@]12C)CC. The second-order valence-electron chi connectivity index (χ2n) is 11.0. The number of hydrogen-bond acceptors (Lipinski definition) is 4. The first-order chi connectivity index (χ1) is 15.2. The fraction of sp³-hybridized carbons (Fsp3) is 0.714. The number of rotatable bonds is 7. The Balaban J connectivity index is 1.44. The smallest absolute Gasteiger partial charge is 0.0823 e. The van der Waals surface area contributed by atoms with Crippen LogP contribution in [-0.2, 0) is 4.74 Å². The zero-order valence-corrected chi connectivity index (χ0v) is 20.3. The summed E-state index contributed by atoms with van der Waals surface area (Å²) in [7, 11) is 0. The minimum atomic E-state index is -0.721. The lowest BCUT2D eigenvalue weighted by Gasteiger charge is -2.56. The Morgan fingerprint density at radius 3 is 2.62 bits per heavy atom. The van der Waals surface area contributed by atoms with E-state index in [2.05, 4.69) is 32.1 Å². The third kappa shape index (κ3) is 3.87.